The Kier molecular flexibility index (Phi) is 6.05. The standard InChI is InChI=1S/C19H23N7O2/c1-13-23-17(12-18(24-13)26-10-9-20-14(26)2)21-7-8-22-19(27)25-15-5-4-6-16(11-15)28-3/h4-6,9-12H,7-8H2,1-3H3,(H,21,23,24)(H2,22,25,27). The first-order valence-electron chi connectivity index (χ1n) is 8.84. The fraction of sp³-hybridized carbons (Fsp3) is 0.263. The fourth-order valence-electron chi connectivity index (χ4n) is 2.63. The highest BCUT2D eigenvalue weighted by Gasteiger charge is 2.07. The van der Waals surface area contributed by atoms with Gasteiger partial charge in [-0.05, 0) is 26.0 Å². The van der Waals surface area contributed by atoms with E-state index in [2.05, 4.69) is 30.9 Å². The maximum atomic E-state index is 12.0. The van der Waals surface area contributed by atoms with Crippen LogP contribution >= 0.6 is 0 Å². The summed E-state index contributed by atoms with van der Waals surface area (Å²) < 4.78 is 7.03. The van der Waals surface area contributed by atoms with Crippen molar-refractivity contribution in [1.82, 2.24) is 24.8 Å². The zero-order valence-corrected chi connectivity index (χ0v) is 16.1. The Morgan fingerprint density at radius 2 is 2.04 bits per heavy atom. The van der Waals surface area contributed by atoms with Gasteiger partial charge >= 0.3 is 6.03 Å². The number of urea groups is 1. The lowest BCUT2D eigenvalue weighted by molar-refractivity contribution is 0.252. The van der Waals surface area contributed by atoms with Gasteiger partial charge in [0, 0.05) is 43.3 Å². The van der Waals surface area contributed by atoms with Crippen LogP contribution in [0.5, 0.6) is 5.75 Å². The summed E-state index contributed by atoms with van der Waals surface area (Å²) in [6, 6.07) is 8.73. The van der Waals surface area contributed by atoms with E-state index in [1.807, 2.05) is 42.8 Å². The molecule has 28 heavy (non-hydrogen) atoms. The molecule has 2 aromatic heterocycles. The summed E-state index contributed by atoms with van der Waals surface area (Å²) >= 11 is 0. The first-order chi connectivity index (χ1) is 13.5. The van der Waals surface area contributed by atoms with E-state index in [-0.39, 0.29) is 6.03 Å². The van der Waals surface area contributed by atoms with Crippen LogP contribution in [0.3, 0.4) is 0 Å². The minimum atomic E-state index is -0.288. The molecule has 0 atom stereocenters. The molecular formula is C19H23N7O2. The molecule has 146 valence electrons. The van der Waals surface area contributed by atoms with Crippen LogP contribution in [0, 0.1) is 13.8 Å². The molecule has 1 aromatic carbocycles. The Labute approximate surface area is 163 Å². The zero-order chi connectivity index (χ0) is 19.9. The topological polar surface area (TPSA) is 106 Å². The highest BCUT2D eigenvalue weighted by atomic mass is 16.5. The summed E-state index contributed by atoms with van der Waals surface area (Å²) in [7, 11) is 1.58. The largest absolute Gasteiger partial charge is 0.497 e. The van der Waals surface area contributed by atoms with Gasteiger partial charge in [0.05, 0.1) is 7.11 Å². The second-order valence-electron chi connectivity index (χ2n) is 6.04. The number of aromatic nitrogens is 4. The summed E-state index contributed by atoms with van der Waals surface area (Å²) in [6.07, 6.45) is 3.58. The normalized spacial score (nSPS) is 10.4. The first kappa shape index (κ1) is 19.2. The molecule has 3 aromatic rings. The van der Waals surface area contributed by atoms with E-state index in [1.54, 1.807) is 25.4 Å². The number of anilines is 2. The van der Waals surface area contributed by atoms with Gasteiger partial charge < -0.3 is 20.7 Å². The van der Waals surface area contributed by atoms with Gasteiger partial charge in [-0.25, -0.2) is 19.7 Å². The first-order valence-corrected chi connectivity index (χ1v) is 8.84. The van der Waals surface area contributed by atoms with Crippen molar-refractivity contribution in [3.05, 3.63) is 54.4 Å². The molecule has 9 nitrogen and oxygen atoms in total. The molecular weight excluding hydrogens is 358 g/mol. The molecule has 0 saturated heterocycles. The maximum absolute atomic E-state index is 12.0. The van der Waals surface area contributed by atoms with Gasteiger partial charge in [0.1, 0.15) is 29.0 Å². The molecule has 0 bridgehead atoms. The second-order valence-corrected chi connectivity index (χ2v) is 6.04. The Balaban J connectivity index is 1.50. The lowest BCUT2D eigenvalue weighted by Gasteiger charge is -2.11. The van der Waals surface area contributed by atoms with E-state index < -0.39 is 0 Å². The third kappa shape index (κ3) is 4.97. The summed E-state index contributed by atoms with van der Waals surface area (Å²) in [5.74, 6) is 3.61. The monoisotopic (exact) mass is 381 g/mol. The maximum Gasteiger partial charge on any atom is 0.319 e. The SMILES string of the molecule is COc1cccc(NC(=O)NCCNc2cc(-n3ccnc3C)nc(C)n2)c1. The minimum absolute atomic E-state index is 0.288. The molecule has 0 unspecified atom stereocenters. The van der Waals surface area contributed by atoms with Crippen molar-refractivity contribution in [2.45, 2.75) is 13.8 Å². The third-order valence-corrected chi connectivity index (χ3v) is 3.94. The third-order valence-electron chi connectivity index (χ3n) is 3.94. The highest BCUT2D eigenvalue weighted by Crippen LogP contribution is 2.16. The Morgan fingerprint density at radius 3 is 2.79 bits per heavy atom. The number of carbonyl (C=O) groups is 1. The van der Waals surface area contributed by atoms with Gasteiger partial charge in [0.2, 0.25) is 0 Å². The van der Waals surface area contributed by atoms with Crippen molar-refractivity contribution in [2.75, 3.05) is 30.8 Å². The number of methoxy groups -OCH3 is 1. The van der Waals surface area contributed by atoms with Crippen LogP contribution in [0.15, 0.2) is 42.7 Å². The summed E-state index contributed by atoms with van der Waals surface area (Å²) in [6.45, 7) is 4.69. The molecule has 0 fully saturated rings. The number of hydrogen-bond donors (Lipinski definition) is 3. The number of benzene rings is 1. The number of amides is 2. The molecule has 3 rings (SSSR count). The van der Waals surface area contributed by atoms with Crippen LogP contribution in [0.4, 0.5) is 16.3 Å². The molecule has 0 radical (unpaired) electrons. The number of carbonyl (C=O) groups excluding carboxylic acids is 1. The smallest absolute Gasteiger partial charge is 0.319 e. The van der Waals surface area contributed by atoms with Crippen LogP contribution in [0.2, 0.25) is 0 Å². The van der Waals surface area contributed by atoms with Crippen molar-refractivity contribution < 1.29 is 9.53 Å². The van der Waals surface area contributed by atoms with Crippen molar-refractivity contribution >= 4 is 17.5 Å². The van der Waals surface area contributed by atoms with E-state index in [0.29, 0.717) is 36.2 Å². The number of nitrogens with one attached hydrogen (secondary N) is 3. The Bertz CT molecular complexity index is 955. The molecule has 9 heteroatoms. The Morgan fingerprint density at radius 1 is 1.18 bits per heavy atom. The number of aryl methyl sites for hydroxylation is 2. The Hall–Kier alpha value is -3.62. The van der Waals surface area contributed by atoms with Crippen LogP contribution in [0.1, 0.15) is 11.6 Å². The molecule has 0 aliphatic heterocycles. The molecule has 0 aliphatic rings. The molecule has 0 saturated carbocycles. The lowest BCUT2D eigenvalue weighted by Crippen LogP contribution is -2.32. The highest BCUT2D eigenvalue weighted by molar-refractivity contribution is 5.89. The minimum Gasteiger partial charge on any atom is -0.497 e. The van der Waals surface area contributed by atoms with E-state index in [4.69, 9.17) is 4.74 Å². The van der Waals surface area contributed by atoms with Crippen molar-refractivity contribution in [3.8, 4) is 11.6 Å². The van der Waals surface area contributed by atoms with E-state index in [9.17, 15) is 4.79 Å². The number of nitrogens with zero attached hydrogens (tertiary/aromatic N) is 4. The fourth-order valence-corrected chi connectivity index (χ4v) is 2.63. The van der Waals surface area contributed by atoms with Crippen molar-refractivity contribution in [2.24, 2.45) is 0 Å². The van der Waals surface area contributed by atoms with Gasteiger partial charge in [0.15, 0.2) is 0 Å². The van der Waals surface area contributed by atoms with Gasteiger partial charge in [-0.15, -0.1) is 0 Å². The molecule has 0 aliphatic carbocycles. The number of imidazole rings is 1. The van der Waals surface area contributed by atoms with Crippen molar-refractivity contribution in [1.29, 1.82) is 0 Å². The average Bonchev–Trinajstić information content (AvgIpc) is 3.11. The van der Waals surface area contributed by atoms with Gasteiger partial charge in [0.25, 0.3) is 0 Å². The molecule has 0 spiro atoms. The lowest BCUT2D eigenvalue weighted by atomic mass is 10.3. The summed E-state index contributed by atoms with van der Waals surface area (Å²) in [5, 5.41) is 8.75. The van der Waals surface area contributed by atoms with Crippen molar-refractivity contribution in [3.63, 3.8) is 0 Å². The van der Waals surface area contributed by atoms with Crippen LogP contribution in [0.25, 0.3) is 5.82 Å². The summed E-state index contributed by atoms with van der Waals surface area (Å²) in [5.41, 5.74) is 0.663. The molecule has 3 N–H and O–H groups in total. The molecule has 2 amide bonds. The summed E-state index contributed by atoms with van der Waals surface area (Å²) in [4.78, 5) is 25.0. The van der Waals surface area contributed by atoms with Gasteiger partial charge in [-0.2, -0.15) is 0 Å². The van der Waals surface area contributed by atoms with E-state index in [0.717, 1.165) is 11.6 Å². The quantitative estimate of drug-likeness (QED) is 0.543. The van der Waals surface area contributed by atoms with Crippen LogP contribution < -0.4 is 20.7 Å². The zero-order valence-electron chi connectivity index (χ0n) is 16.1. The second kappa shape index (κ2) is 8.85. The predicted molar refractivity (Wildman–Crippen MR) is 107 cm³/mol. The number of hydrogen-bond acceptors (Lipinski definition) is 6. The van der Waals surface area contributed by atoms with E-state index in [1.165, 1.54) is 0 Å². The molecule has 2 heterocycles. The van der Waals surface area contributed by atoms with Gasteiger partial charge in [-0.1, -0.05) is 6.07 Å². The predicted octanol–water partition coefficient (Wildman–Crippen LogP) is 2.52. The number of rotatable bonds is 7. The van der Waals surface area contributed by atoms with Gasteiger partial charge in [-0.3, -0.25) is 4.57 Å². The van der Waals surface area contributed by atoms with Crippen LogP contribution in [-0.4, -0.2) is 45.7 Å². The average molecular weight is 381 g/mol. The number of ether oxygens (including phenoxy) is 1. The van der Waals surface area contributed by atoms with Crippen LogP contribution in [-0.2, 0) is 0 Å². The van der Waals surface area contributed by atoms with E-state index >= 15 is 0 Å².